The van der Waals surface area contributed by atoms with Crippen LogP contribution in [0.3, 0.4) is 0 Å². The molecule has 2 N–H and O–H groups in total. The number of nitrogens with zero attached hydrogens (tertiary/aromatic N) is 2. The fraction of sp³-hybridized carbons (Fsp3) is 0.296. The second-order valence-corrected chi connectivity index (χ2v) is 8.29. The van der Waals surface area contributed by atoms with E-state index in [9.17, 15) is 4.79 Å². The molecule has 7 heteroatoms. The van der Waals surface area contributed by atoms with Crippen LogP contribution in [-0.4, -0.2) is 37.5 Å². The van der Waals surface area contributed by atoms with Gasteiger partial charge in [0.2, 0.25) is 0 Å². The summed E-state index contributed by atoms with van der Waals surface area (Å²) in [7, 11) is 3.21. The summed E-state index contributed by atoms with van der Waals surface area (Å²) in [6.07, 6.45) is 3.85. The predicted octanol–water partition coefficient (Wildman–Crippen LogP) is 4.29. The van der Waals surface area contributed by atoms with Crippen molar-refractivity contribution in [2.45, 2.75) is 32.9 Å². The van der Waals surface area contributed by atoms with Crippen molar-refractivity contribution in [1.82, 2.24) is 15.6 Å². The van der Waals surface area contributed by atoms with Gasteiger partial charge in [-0.15, -0.1) is 0 Å². The molecule has 0 fully saturated rings. The van der Waals surface area contributed by atoms with Crippen molar-refractivity contribution < 1.29 is 14.3 Å². The Morgan fingerprint density at radius 2 is 1.71 bits per heavy atom. The highest BCUT2D eigenvalue weighted by atomic mass is 16.5. The molecule has 1 aliphatic rings. The molecule has 0 spiro atoms. The maximum atomic E-state index is 13.2. The van der Waals surface area contributed by atoms with E-state index in [2.05, 4.69) is 26.7 Å². The van der Waals surface area contributed by atoms with E-state index in [1.165, 1.54) is 0 Å². The monoisotopic (exact) mass is 458 g/mol. The predicted molar refractivity (Wildman–Crippen MR) is 134 cm³/mol. The number of rotatable bonds is 8. The van der Waals surface area contributed by atoms with E-state index in [4.69, 9.17) is 9.47 Å². The lowest BCUT2D eigenvalue weighted by Crippen LogP contribution is -2.24. The number of pyridine rings is 1. The van der Waals surface area contributed by atoms with Gasteiger partial charge in [-0.2, -0.15) is 0 Å². The number of carbonyl (C=O) groups excluding carboxylic acids is 1. The second-order valence-electron chi connectivity index (χ2n) is 8.29. The first-order valence-electron chi connectivity index (χ1n) is 11.4. The summed E-state index contributed by atoms with van der Waals surface area (Å²) in [5.74, 6) is 2.25. The number of methoxy groups -OCH3 is 2. The molecule has 0 bridgehead atoms. The average Bonchev–Trinajstić information content (AvgIpc) is 3.39. The highest BCUT2D eigenvalue weighted by Gasteiger charge is 2.13. The van der Waals surface area contributed by atoms with Crippen molar-refractivity contribution in [2.24, 2.45) is 4.99 Å². The molecule has 2 aromatic carbocycles. The van der Waals surface area contributed by atoms with Crippen LogP contribution in [0.4, 0.5) is 0 Å². The number of aromatic nitrogens is 1. The number of ether oxygens (including phenoxy) is 2. The molecule has 0 aliphatic carbocycles. The van der Waals surface area contributed by atoms with E-state index < -0.39 is 0 Å². The SMILES string of the molecule is COc1cc(CNC(=O)c2cc(CNC3=NCCC3)cc(-c3ccnc(C)c3)c2)cc(OC)c1. The number of aliphatic imine (C=N–C) groups is 1. The zero-order valence-corrected chi connectivity index (χ0v) is 19.9. The number of hydrogen-bond donors (Lipinski definition) is 2. The van der Waals surface area contributed by atoms with Gasteiger partial charge in [-0.05, 0) is 78.1 Å². The number of amides is 1. The molecule has 0 atom stereocenters. The fourth-order valence-corrected chi connectivity index (χ4v) is 3.96. The van der Waals surface area contributed by atoms with Crippen LogP contribution in [0.25, 0.3) is 11.1 Å². The molecule has 7 nitrogen and oxygen atoms in total. The van der Waals surface area contributed by atoms with Crippen molar-refractivity contribution >= 4 is 11.7 Å². The van der Waals surface area contributed by atoms with Crippen LogP contribution in [0.2, 0.25) is 0 Å². The Morgan fingerprint density at radius 1 is 0.941 bits per heavy atom. The Balaban J connectivity index is 1.57. The molecule has 4 rings (SSSR count). The number of hydrogen-bond acceptors (Lipinski definition) is 6. The number of amidine groups is 1. The van der Waals surface area contributed by atoms with E-state index in [-0.39, 0.29) is 5.91 Å². The van der Waals surface area contributed by atoms with E-state index >= 15 is 0 Å². The van der Waals surface area contributed by atoms with Crippen LogP contribution in [0, 0.1) is 6.92 Å². The van der Waals surface area contributed by atoms with Gasteiger partial charge in [-0.3, -0.25) is 14.8 Å². The minimum absolute atomic E-state index is 0.145. The molecule has 34 heavy (non-hydrogen) atoms. The van der Waals surface area contributed by atoms with Gasteiger partial charge < -0.3 is 20.1 Å². The normalized spacial score (nSPS) is 12.7. The first-order chi connectivity index (χ1) is 16.5. The van der Waals surface area contributed by atoms with Gasteiger partial charge in [-0.1, -0.05) is 0 Å². The molecule has 1 amide bonds. The van der Waals surface area contributed by atoms with E-state index in [0.29, 0.717) is 30.2 Å². The summed E-state index contributed by atoms with van der Waals surface area (Å²) in [6, 6.07) is 15.5. The van der Waals surface area contributed by atoms with E-state index in [1.807, 2.05) is 43.3 Å². The third-order valence-electron chi connectivity index (χ3n) is 5.72. The molecule has 1 aromatic heterocycles. The van der Waals surface area contributed by atoms with Crippen LogP contribution in [0.1, 0.15) is 40.0 Å². The lowest BCUT2D eigenvalue weighted by Gasteiger charge is -2.13. The molecule has 0 unspecified atom stereocenters. The van der Waals surface area contributed by atoms with Crippen molar-refractivity contribution in [1.29, 1.82) is 0 Å². The number of benzene rings is 2. The first-order valence-corrected chi connectivity index (χ1v) is 11.4. The van der Waals surface area contributed by atoms with Gasteiger partial charge >= 0.3 is 0 Å². The Hall–Kier alpha value is -3.87. The molecular formula is C27H30N4O3. The van der Waals surface area contributed by atoms with E-state index in [0.717, 1.165) is 53.2 Å². The summed E-state index contributed by atoms with van der Waals surface area (Å²) in [4.78, 5) is 21.9. The average molecular weight is 459 g/mol. The molecule has 3 aromatic rings. The summed E-state index contributed by atoms with van der Waals surface area (Å²) in [5.41, 5.74) is 5.46. The molecule has 2 heterocycles. The minimum atomic E-state index is -0.145. The molecule has 0 saturated heterocycles. The van der Waals surface area contributed by atoms with Crippen LogP contribution >= 0.6 is 0 Å². The van der Waals surface area contributed by atoms with Gasteiger partial charge in [0.1, 0.15) is 11.5 Å². The lowest BCUT2D eigenvalue weighted by molar-refractivity contribution is 0.0950. The Bertz CT molecular complexity index is 1180. The van der Waals surface area contributed by atoms with Crippen LogP contribution < -0.4 is 20.1 Å². The number of nitrogens with one attached hydrogen (secondary N) is 2. The van der Waals surface area contributed by atoms with Crippen molar-refractivity contribution in [3.05, 3.63) is 77.1 Å². The number of aryl methyl sites for hydroxylation is 1. The van der Waals surface area contributed by atoms with Gasteiger partial charge in [0.15, 0.2) is 0 Å². The molecule has 0 radical (unpaired) electrons. The minimum Gasteiger partial charge on any atom is -0.497 e. The third-order valence-corrected chi connectivity index (χ3v) is 5.72. The Morgan fingerprint density at radius 3 is 2.38 bits per heavy atom. The maximum Gasteiger partial charge on any atom is 0.251 e. The highest BCUT2D eigenvalue weighted by molar-refractivity contribution is 5.95. The third kappa shape index (κ3) is 5.92. The standard InChI is InChI=1S/C27H30N4O3/c1-18-9-21(6-8-28-18)22-10-19(16-30-26-5-4-7-29-26)11-23(14-22)27(32)31-17-20-12-24(33-2)15-25(13-20)34-3/h6,8-15H,4-5,7,16-17H2,1-3H3,(H,29,30)(H,31,32). The fourth-order valence-electron chi connectivity index (χ4n) is 3.96. The van der Waals surface area contributed by atoms with Crippen LogP contribution in [-0.2, 0) is 13.1 Å². The van der Waals surface area contributed by atoms with E-state index in [1.54, 1.807) is 26.5 Å². The summed E-state index contributed by atoms with van der Waals surface area (Å²) < 4.78 is 10.7. The van der Waals surface area contributed by atoms with Crippen LogP contribution in [0.5, 0.6) is 11.5 Å². The lowest BCUT2D eigenvalue weighted by atomic mass is 9.99. The quantitative estimate of drug-likeness (QED) is 0.526. The molecule has 176 valence electrons. The van der Waals surface area contributed by atoms with Crippen LogP contribution in [0.15, 0.2) is 59.7 Å². The Kier molecular flexibility index (Phi) is 7.42. The molecule has 1 aliphatic heterocycles. The topological polar surface area (TPSA) is 84.8 Å². The maximum absolute atomic E-state index is 13.2. The largest absolute Gasteiger partial charge is 0.497 e. The van der Waals surface area contributed by atoms with Gasteiger partial charge in [0, 0.05) is 49.6 Å². The van der Waals surface area contributed by atoms with Gasteiger partial charge in [0.25, 0.3) is 5.91 Å². The zero-order valence-electron chi connectivity index (χ0n) is 19.9. The second kappa shape index (κ2) is 10.8. The molecule has 0 saturated carbocycles. The Labute approximate surface area is 200 Å². The summed E-state index contributed by atoms with van der Waals surface area (Å²) in [5, 5.41) is 6.44. The smallest absolute Gasteiger partial charge is 0.251 e. The highest BCUT2D eigenvalue weighted by Crippen LogP contribution is 2.24. The van der Waals surface area contributed by atoms with Crippen molar-refractivity contribution in [2.75, 3.05) is 20.8 Å². The van der Waals surface area contributed by atoms with Gasteiger partial charge in [0.05, 0.1) is 20.1 Å². The van der Waals surface area contributed by atoms with Crippen molar-refractivity contribution in [3.63, 3.8) is 0 Å². The first kappa shape index (κ1) is 23.3. The van der Waals surface area contributed by atoms with Crippen molar-refractivity contribution in [3.8, 4) is 22.6 Å². The zero-order chi connectivity index (χ0) is 23.9. The summed E-state index contributed by atoms with van der Waals surface area (Å²) >= 11 is 0. The summed E-state index contributed by atoms with van der Waals surface area (Å²) in [6.45, 7) is 3.81. The van der Waals surface area contributed by atoms with Gasteiger partial charge in [-0.25, -0.2) is 0 Å². The number of carbonyl (C=O) groups is 1. The molecular weight excluding hydrogens is 428 g/mol.